The van der Waals surface area contributed by atoms with Gasteiger partial charge in [-0.05, 0) is 61.4 Å². The van der Waals surface area contributed by atoms with Crippen LogP contribution in [0.2, 0.25) is 0 Å². The Labute approximate surface area is 153 Å². The van der Waals surface area contributed by atoms with E-state index in [0.717, 1.165) is 33.9 Å². The number of aryl methyl sites for hydroxylation is 2. The van der Waals surface area contributed by atoms with Gasteiger partial charge in [-0.3, -0.25) is 9.78 Å². The summed E-state index contributed by atoms with van der Waals surface area (Å²) >= 11 is 0. The molecule has 2 N–H and O–H groups in total. The molecule has 0 saturated carbocycles. The standard InChI is InChI=1S/C21H21N3O2/c1-14-5-4-6-16(11-14)24-21(25)19-13-17(9-10-22-19)23-18-12-15(2)7-8-20(18)26-3/h4-13H,1-3H3,(H,22,23)(H,24,25). The van der Waals surface area contributed by atoms with Gasteiger partial charge in [0.25, 0.3) is 5.91 Å². The Kier molecular flexibility index (Phi) is 5.17. The number of carbonyl (C=O) groups excluding carboxylic acids is 1. The van der Waals surface area contributed by atoms with Crippen molar-refractivity contribution < 1.29 is 9.53 Å². The number of amides is 1. The molecule has 0 aliphatic carbocycles. The average molecular weight is 347 g/mol. The third kappa shape index (κ3) is 4.19. The Bertz CT molecular complexity index is 938. The van der Waals surface area contributed by atoms with Crippen LogP contribution in [-0.2, 0) is 0 Å². The number of ether oxygens (including phenoxy) is 1. The number of hydrogen-bond donors (Lipinski definition) is 2. The first-order valence-corrected chi connectivity index (χ1v) is 8.31. The molecule has 0 spiro atoms. The summed E-state index contributed by atoms with van der Waals surface area (Å²) in [5, 5.41) is 6.16. The summed E-state index contributed by atoms with van der Waals surface area (Å²) in [4.78, 5) is 16.7. The van der Waals surface area contributed by atoms with Gasteiger partial charge in [0.2, 0.25) is 0 Å². The number of nitrogens with zero attached hydrogens (tertiary/aromatic N) is 1. The van der Waals surface area contributed by atoms with Crippen molar-refractivity contribution in [1.29, 1.82) is 0 Å². The van der Waals surface area contributed by atoms with Gasteiger partial charge >= 0.3 is 0 Å². The van der Waals surface area contributed by atoms with Gasteiger partial charge in [-0.2, -0.15) is 0 Å². The zero-order valence-electron chi connectivity index (χ0n) is 15.0. The lowest BCUT2D eigenvalue weighted by Crippen LogP contribution is -2.13. The summed E-state index contributed by atoms with van der Waals surface area (Å²) < 4.78 is 5.38. The van der Waals surface area contributed by atoms with E-state index in [4.69, 9.17) is 4.74 Å². The number of anilines is 3. The van der Waals surface area contributed by atoms with Gasteiger partial charge in [0.15, 0.2) is 0 Å². The molecular weight excluding hydrogens is 326 g/mol. The summed E-state index contributed by atoms with van der Waals surface area (Å²) in [5.41, 5.74) is 4.87. The van der Waals surface area contributed by atoms with Crippen LogP contribution in [0.1, 0.15) is 21.6 Å². The number of carbonyl (C=O) groups is 1. The number of pyridine rings is 1. The van der Waals surface area contributed by atoms with Gasteiger partial charge in [0.05, 0.1) is 12.8 Å². The second-order valence-electron chi connectivity index (χ2n) is 6.08. The SMILES string of the molecule is COc1ccc(C)cc1Nc1ccnc(C(=O)Nc2cccc(C)c2)c1. The van der Waals surface area contributed by atoms with Crippen LogP contribution >= 0.6 is 0 Å². The largest absolute Gasteiger partial charge is 0.495 e. The molecule has 2 aromatic carbocycles. The van der Waals surface area contributed by atoms with Crippen LogP contribution in [-0.4, -0.2) is 18.0 Å². The maximum atomic E-state index is 12.5. The minimum absolute atomic E-state index is 0.254. The Hall–Kier alpha value is -3.34. The normalized spacial score (nSPS) is 10.3. The van der Waals surface area contributed by atoms with Gasteiger partial charge in [-0.15, -0.1) is 0 Å². The zero-order valence-corrected chi connectivity index (χ0v) is 15.0. The van der Waals surface area contributed by atoms with Crippen molar-refractivity contribution in [3.8, 4) is 5.75 Å². The highest BCUT2D eigenvalue weighted by atomic mass is 16.5. The van der Waals surface area contributed by atoms with Gasteiger partial charge in [0.1, 0.15) is 11.4 Å². The molecule has 1 aromatic heterocycles. The molecule has 0 radical (unpaired) electrons. The fourth-order valence-corrected chi connectivity index (χ4v) is 2.63. The molecule has 132 valence electrons. The van der Waals surface area contributed by atoms with E-state index in [0.29, 0.717) is 5.69 Å². The Balaban J connectivity index is 1.80. The average Bonchev–Trinajstić information content (AvgIpc) is 2.62. The maximum Gasteiger partial charge on any atom is 0.274 e. The van der Waals surface area contributed by atoms with Crippen LogP contribution in [0.25, 0.3) is 0 Å². The van der Waals surface area contributed by atoms with Crippen molar-refractivity contribution in [2.45, 2.75) is 13.8 Å². The van der Waals surface area contributed by atoms with Crippen LogP contribution in [0.5, 0.6) is 5.75 Å². The lowest BCUT2D eigenvalue weighted by molar-refractivity contribution is 0.102. The lowest BCUT2D eigenvalue weighted by Gasteiger charge is -2.13. The molecule has 0 fully saturated rings. The first-order chi connectivity index (χ1) is 12.5. The second kappa shape index (κ2) is 7.70. The molecule has 5 nitrogen and oxygen atoms in total. The van der Waals surface area contributed by atoms with Crippen molar-refractivity contribution in [2.24, 2.45) is 0 Å². The number of aromatic nitrogens is 1. The van der Waals surface area contributed by atoms with Crippen molar-refractivity contribution in [3.63, 3.8) is 0 Å². The summed E-state index contributed by atoms with van der Waals surface area (Å²) in [7, 11) is 1.63. The molecule has 5 heteroatoms. The Morgan fingerprint density at radius 3 is 2.54 bits per heavy atom. The predicted octanol–water partition coefficient (Wildman–Crippen LogP) is 4.70. The Morgan fingerprint density at radius 1 is 0.962 bits per heavy atom. The summed E-state index contributed by atoms with van der Waals surface area (Å²) in [6, 6.07) is 17.1. The van der Waals surface area contributed by atoms with Crippen LogP contribution < -0.4 is 15.4 Å². The minimum Gasteiger partial charge on any atom is -0.495 e. The van der Waals surface area contributed by atoms with E-state index in [1.807, 2.05) is 62.4 Å². The van der Waals surface area contributed by atoms with E-state index in [-0.39, 0.29) is 5.91 Å². The molecule has 0 unspecified atom stereocenters. The van der Waals surface area contributed by atoms with Gasteiger partial charge in [-0.25, -0.2) is 0 Å². The van der Waals surface area contributed by atoms with Crippen LogP contribution in [0.3, 0.4) is 0 Å². The van der Waals surface area contributed by atoms with Crippen molar-refractivity contribution >= 4 is 23.0 Å². The summed E-state index contributed by atoms with van der Waals surface area (Å²) in [6.07, 6.45) is 1.61. The molecular formula is C21H21N3O2. The molecule has 0 saturated heterocycles. The number of benzene rings is 2. The molecule has 3 aromatic rings. The highest BCUT2D eigenvalue weighted by Crippen LogP contribution is 2.28. The van der Waals surface area contributed by atoms with Gasteiger partial charge in [-0.1, -0.05) is 18.2 Å². The fraction of sp³-hybridized carbons (Fsp3) is 0.143. The number of rotatable bonds is 5. The van der Waals surface area contributed by atoms with Crippen LogP contribution in [0.4, 0.5) is 17.1 Å². The molecule has 1 heterocycles. The van der Waals surface area contributed by atoms with E-state index in [1.165, 1.54) is 0 Å². The van der Waals surface area contributed by atoms with Gasteiger partial charge < -0.3 is 15.4 Å². The number of methoxy groups -OCH3 is 1. The molecule has 0 aliphatic heterocycles. The molecule has 26 heavy (non-hydrogen) atoms. The van der Waals surface area contributed by atoms with Crippen molar-refractivity contribution in [3.05, 3.63) is 77.6 Å². The monoisotopic (exact) mass is 347 g/mol. The second-order valence-corrected chi connectivity index (χ2v) is 6.08. The summed E-state index contributed by atoms with van der Waals surface area (Å²) in [6.45, 7) is 3.99. The molecule has 0 atom stereocenters. The van der Waals surface area contributed by atoms with Crippen LogP contribution in [0, 0.1) is 13.8 Å². The highest BCUT2D eigenvalue weighted by molar-refractivity contribution is 6.03. The highest BCUT2D eigenvalue weighted by Gasteiger charge is 2.10. The van der Waals surface area contributed by atoms with E-state index in [9.17, 15) is 4.79 Å². The molecule has 0 bridgehead atoms. The van der Waals surface area contributed by atoms with Gasteiger partial charge in [0, 0.05) is 17.6 Å². The number of hydrogen-bond acceptors (Lipinski definition) is 4. The smallest absolute Gasteiger partial charge is 0.274 e. The first-order valence-electron chi connectivity index (χ1n) is 8.31. The number of nitrogens with one attached hydrogen (secondary N) is 2. The third-order valence-corrected chi connectivity index (χ3v) is 3.90. The molecule has 3 rings (SSSR count). The van der Waals surface area contributed by atoms with Crippen molar-refractivity contribution in [2.75, 3.05) is 17.7 Å². The molecule has 1 amide bonds. The lowest BCUT2D eigenvalue weighted by atomic mass is 10.2. The first kappa shape index (κ1) is 17.5. The maximum absolute atomic E-state index is 12.5. The van der Waals surface area contributed by atoms with Crippen molar-refractivity contribution in [1.82, 2.24) is 4.98 Å². The minimum atomic E-state index is -0.254. The molecule has 0 aliphatic rings. The summed E-state index contributed by atoms with van der Waals surface area (Å²) in [5.74, 6) is 0.480. The predicted molar refractivity (Wildman–Crippen MR) is 104 cm³/mol. The quantitative estimate of drug-likeness (QED) is 0.702. The topological polar surface area (TPSA) is 63.2 Å². The van der Waals surface area contributed by atoms with E-state index < -0.39 is 0 Å². The van der Waals surface area contributed by atoms with E-state index in [2.05, 4.69) is 15.6 Å². The van der Waals surface area contributed by atoms with E-state index in [1.54, 1.807) is 19.4 Å². The van der Waals surface area contributed by atoms with E-state index >= 15 is 0 Å². The van der Waals surface area contributed by atoms with Crippen LogP contribution in [0.15, 0.2) is 60.8 Å². The zero-order chi connectivity index (χ0) is 18.5. The third-order valence-electron chi connectivity index (χ3n) is 3.90. The fourth-order valence-electron chi connectivity index (χ4n) is 2.63. The Morgan fingerprint density at radius 2 is 1.77 bits per heavy atom.